The molecule has 0 aliphatic carbocycles. The largest absolute Gasteiger partial charge is 0.267 e. The zero-order valence-corrected chi connectivity index (χ0v) is 11.7. The van der Waals surface area contributed by atoms with E-state index in [9.17, 15) is 8.42 Å². The third-order valence-electron chi connectivity index (χ3n) is 2.57. The third-order valence-corrected chi connectivity index (χ3v) is 3.19. The van der Waals surface area contributed by atoms with E-state index in [1.165, 1.54) is 0 Å². The second kappa shape index (κ2) is 8.99. The van der Waals surface area contributed by atoms with Crippen molar-refractivity contribution in [1.29, 1.82) is 0 Å². The molecule has 0 atom stereocenters. The molecule has 0 N–H and O–H groups in total. The Kier molecular flexibility index (Phi) is 8.94. The minimum absolute atomic E-state index is 0.104. The first kappa shape index (κ1) is 15.9. The van der Waals surface area contributed by atoms with Gasteiger partial charge in [0.15, 0.2) is 0 Å². The first-order valence-electron chi connectivity index (χ1n) is 6.37. The van der Waals surface area contributed by atoms with Gasteiger partial charge in [-0.25, -0.2) is 0 Å². The molecule has 0 rings (SSSR count). The Bertz CT molecular complexity index is 237. The normalized spacial score (nSPS) is 12.2. The van der Waals surface area contributed by atoms with Crippen molar-refractivity contribution in [1.82, 2.24) is 0 Å². The van der Waals surface area contributed by atoms with Gasteiger partial charge < -0.3 is 0 Å². The van der Waals surface area contributed by atoms with Crippen molar-refractivity contribution in [3.05, 3.63) is 0 Å². The lowest BCUT2D eigenvalue weighted by Crippen LogP contribution is -2.17. The van der Waals surface area contributed by atoms with Crippen molar-refractivity contribution in [2.24, 2.45) is 0 Å². The molecule has 0 bridgehead atoms. The Morgan fingerprint density at radius 2 is 1.38 bits per heavy atom. The summed E-state index contributed by atoms with van der Waals surface area (Å²) < 4.78 is 27.3. The lowest BCUT2D eigenvalue weighted by atomic mass is 10.0. The van der Waals surface area contributed by atoms with Crippen LogP contribution in [-0.2, 0) is 14.3 Å². The van der Waals surface area contributed by atoms with Crippen molar-refractivity contribution in [3.63, 3.8) is 0 Å². The van der Waals surface area contributed by atoms with E-state index in [2.05, 4.69) is 13.8 Å². The summed E-state index contributed by atoms with van der Waals surface area (Å²) in [5.41, 5.74) is 0. The summed E-state index contributed by atoms with van der Waals surface area (Å²) in [6, 6.07) is 0. The maximum atomic E-state index is 11.1. The number of unbranched alkanes of at least 4 members (excludes halogenated alkanes) is 4. The molecule has 4 heteroatoms. The molecule has 0 saturated heterocycles. The summed E-state index contributed by atoms with van der Waals surface area (Å²) >= 11 is 0. The first-order chi connectivity index (χ1) is 7.49. The van der Waals surface area contributed by atoms with Crippen molar-refractivity contribution < 1.29 is 12.6 Å². The summed E-state index contributed by atoms with van der Waals surface area (Å²) in [6.07, 6.45) is 9.49. The molecule has 0 aliphatic rings. The minimum Gasteiger partial charge on any atom is -0.267 e. The van der Waals surface area contributed by atoms with Crippen molar-refractivity contribution in [2.75, 3.05) is 6.26 Å². The SMILES string of the molecule is CCCCCC(CCCCC)OS(C)(=O)=O. The van der Waals surface area contributed by atoms with Crippen molar-refractivity contribution in [3.8, 4) is 0 Å². The Morgan fingerprint density at radius 3 is 1.69 bits per heavy atom. The van der Waals surface area contributed by atoms with Gasteiger partial charge in [0.25, 0.3) is 10.1 Å². The van der Waals surface area contributed by atoms with Crippen LogP contribution in [0.1, 0.15) is 65.2 Å². The average Bonchev–Trinajstić information content (AvgIpc) is 2.16. The predicted octanol–water partition coefficient (Wildman–Crippen LogP) is 3.49. The smallest absolute Gasteiger partial charge is 0.264 e. The predicted molar refractivity (Wildman–Crippen MR) is 68.0 cm³/mol. The van der Waals surface area contributed by atoms with Gasteiger partial charge in [-0.15, -0.1) is 0 Å². The van der Waals surface area contributed by atoms with Gasteiger partial charge in [-0.3, -0.25) is 4.18 Å². The zero-order valence-electron chi connectivity index (χ0n) is 10.9. The van der Waals surface area contributed by atoms with Crippen LogP contribution < -0.4 is 0 Å². The fraction of sp³-hybridized carbons (Fsp3) is 1.00. The van der Waals surface area contributed by atoms with Crippen molar-refractivity contribution >= 4 is 10.1 Å². The molecule has 0 fully saturated rings. The van der Waals surface area contributed by atoms with Crippen molar-refractivity contribution in [2.45, 2.75) is 71.3 Å². The topological polar surface area (TPSA) is 43.4 Å². The molecule has 0 aromatic rings. The van der Waals surface area contributed by atoms with E-state index >= 15 is 0 Å². The second-order valence-electron chi connectivity index (χ2n) is 4.41. The van der Waals surface area contributed by atoms with Crippen LogP contribution in [0.2, 0.25) is 0 Å². The Balaban J connectivity index is 3.95. The van der Waals surface area contributed by atoms with Crippen LogP contribution in [0, 0.1) is 0 Å². The fourth-order valence-electron chi connectivity index (χ4n) is 1.73. The van der Waals surface area contributed by atoms with Gasteiger partial charge in [0.05, 0.1) is 12.4 Å². The maximum absolute atomic E-state index is 11.1. The molecule has 0 aromatic heterocycles. The van der Waals surface area contributed by atoms with Gasteiger partial charge in [-0.2, -0.15) is 8.42 Å². The van der Waals surface area contributed by atoms with Crippen LogP contribution >= 0.6 is 0 Å². The average molecular weight is 250 g/mol. The Morgan fingerprint density at radius 1 is 0.938 bits per heavy atom. The highest BCUT2D eigenvalue weighted by Gasteiger charge is 2.14. The molecular weight excluding hydrogens is 224 g/mol. The fourth-order valence-corrected chi connectivity index (χ4v) is 2.42. The maximum Gasteiger partial charge on any atom is 0.264 e. The van der Waals surface area contributed by atoms with Crippen LogP contribution in [0.3, 0.4) is 0 Å². The van der Waals surface area contributed by atoms with E-state index in [0.29, 0.717) is 0 Å². The standard InChI is InChI=1S/C12H26O3S/c1-4-6-8-10-12(11-9-7-5-2)15-16(3,13)14/h12H,4-11H2,1-3H3. The molecule has 0 radical (unpaired) electrons. The molecule has 16 heavy (non-hydrogen) atoms. The first-order valence-corrected chi connectivity index (χ1v) is 8.19. The summed E-state index contributed by atoms with van der Waals surface area (Å²) in [6.45, 7) is 4.28. The van der Waals surface area contributed by atoms with Gasteiger partial charge in [-0.1, -0.05) is 52.4 Å². The van der Waals surface area contributed by atoms with E-state index in [4.69, 9.17) is 4.18 Å². The molecule has 0 heterocycles. The molecule has 98 valence electrons. The molecule has 3 nitrogen and oxygen atoms in total. The van der Waals surface area contributed by atoms with Crippen LogP contribution in [0.4, 0.5) is 0 Å². The third kappa shape index (κ3) is 10.4. The van der Waals surface area contributed by atoms with Gasteiger partial charge >= 0.3 is 0 Å². The molecule has 0 aromatic carbocycles. The minimum atomic E-state index is -3.30. The highest BCUT2D eigenvalue weighted by Crippen LogP contribution is 2.15. The van der Waals surface area contributed by atoms with Crippen LogP contribution in [-0.4, -0.2) is 20.8 Å². The summed E-state index contributed by atoms with van der Waals surface area (Å²) in [7, 11) is -3.30. The van der Waals surface area contributed by atoms with Gasteiger partial charge in [-0.05, 0) is 12.8 Å². The summed E-state index contributed by atoms with van der Waals surface area (Å²) in [5.74, 6) is 0. The monoisotopic (exact) mass is 250 g/mol. The number of hydrogen-bond acceptors (Lipinski definition) is 3. The molecule has 0 unspecified atom stereocenters. The van der Waals surface area contributed by atoms with Gasteiger partial charge in [0.2, 0.25) is 0 Å². The van der Waals surface area contributed by atoms with E-state index in [0.717, 1.165) is 57.6 Å². The Labute approximate surface area is 101 Å². The summed E-state index contributed by atoms with van der Waals surface area (Å²) in [4.78, 5) is 0. The molecular formula is C12H26O3S. The van der Waals surface area contributed by atoms with E-state index in [1.807, 2.05) is 0 Å². The second-order valence-corrected chi connectivity index (χ2v) is 6.01. The molecule has 0 saturated carbocycles. The van der Waals surface area contributed by atoms with E-state index < -0.39 is 10.1 Å². The zero-order chi connectivity index (χ0) is 12.4. The molecule has 0 aliphatic heterocycles. The van der Waals surface area contributed by atoms with E-state index in [-0.39, 0.29) is 6.10 Å². The van der Waals surface area contributed by atoms with Gasteiger partial charge in [0, 0.05) is 0 Å². The molecule has 0 spiro atoms. The van der Waals surface area contributed by atoms with E-state index in [1.54, 1.807) is 0 Å². The highest BCUT2D eigenvalue weighted by molar-refractivity contribution is 7.86. The number of rotatable bonds is 10. The number of hydrogen-bond donors (Lipinski definition) is 0. The summed E-state index contributed by atoms with van der Waals surface area (Å²) in [5, 5.41) is 0. The van der Waals surface area contributed by atoms with Gasteiger partial charge in [0.1, 0.15) is 0 Å². The quantitative estimate of drug-likeness (QED) is 0.440. The highest BCUT2D eigenvalue weighted by atomic mass is 32.2. The lowest BCUT2D eigenvalue weighted by molar-refractivity contribution is 0.182. The lowest BCUT2D eigenvalue weighted by Gasteiger charge is -2.15. The van der Waals surface area contributed by atoms with Crippen LogP contribution in [0.5, 0.6) is 0 Å². The van der Waals surface area contributed by atoms with Crippen LogP contribution in [0.25, 0.3) is 0 Å². The Hall–Kier alpha value is -0.0900. The molecule has 0 amide bonds. The van der Waals surface area contributed by atoms with Crippen LogP contribution in [0.15, 0.2) is 0 Å².